The minimum Gasteiger partial charge on any atom is -0.493 e. The van der Waals surface area contributed by atoms with Gasteiger partial charge in [-0.3, -0.25) is 4.79 Å². The Kier molecular flexibility index (Phi) is 12.4. The molecule has 0 aliphatic heterocycles. The van der Waals surface area contributed by atoms with E-state index in [0.717, 1.165) is 17.9 Å². The van der Waals surface area contributed by atoms with E-state index >= 15 is 0 Å². The fourth-order valence-electron chi connectivity index (χ4n) is 3.11. The lowest BCUT2D eigenvalue weighted by atomic mass is 10.2. The molecule has 8 nitrogen and oxygen atoms in total. The highest BCUT2D eigenvalue weighted by molar-refractivity contribution is 5.75. The van der Waals surface area contributed by atoms with Crippen LogP contribution in [-0.4, -0.2) is 75.1 Å². The fourth-order valence-corrected chi connectivity index (χ4v) is 3.11. The second kappa shape index (κ2) is 14.5. The van der Waals surface area contributed by atoms with Gasteiger partial charge in [-0.05, 0) is 25.0 Å². The van der Waals surface area contributed by atoms with Crippen molar-refractivity contribution in [2.24, 2.45) is 0 Å². The summed E-state index contributed by atoms with van der Waals surface area (Å²) in [7, 11) is 5.87. The molecule has 3 N–H and O–H groups in total. The number of nitrogens with one attached hydrogen (secondary N) is 2. The Bertz CT molecular complexity index is 661. The van der Waals surface area contributed by atoms with Gasteiger partial charge in [-0.2, -0.15) is 0 Å². The molecule has 0 aromatic heterocycles. The summed E-state index contributed by atoms with van der Waals surface area (Å²) >= 11 is 0. The Morgan fingerprint density at radius 2 is 1.68 bits per heavy atom. The lowest BCUT2D eigenvalue weighted by Gasteiger charge is -2.29. The average molecular weight is 439 g/mol. The van der Waals surface area contributed by atoms with E-state index in [2.05, 4.69) is 17.6 Å². The summed E-state index contributed by atoms with van der Waals surface area (Å²) in [6.07, 6.45) is 5.19. The number of carboxylic acid groups (broad SMARTS) is 1. The van der Waals surface area contributed by atoms with Crippen molar-refractivity contribution in [3.05, 3.63) is 24.3 Å². The molecular weight excluding hydrogens is 398 g/mol. The molecule has 0 saturated carbocycles. The van der Waals surface area contributed by atoms with Crippen molar-refractivity contribution < 1.29 is 28.7 Å². The van der Waals surface area contributed by atoms with Crippen LogP contribution in [0.4, 0.5) is 4.79 Å². The summed E-state index contributed by atoms with van der Waals surface area (Å²) in [6.45, 7) is 4.31. The van der Waals surface area contributed by atoms with Gasteiger partial charge in [0, 0.05) is 12.6 Å². The molecule has 0 heterocycles. The maximum Gasteiger partial charge on any atom is 0.315 e. The predicted octanol–water partition coefficient (Wildman–Crippen LogP) is 3.26. The Balaban J connectivity index is 2.27. The van der Waals surface area contributed by atoms with Crippen LogP contribution in [0.15, 0.2) is 24.3 Å². The number of benzene rings is 1. The SMILES string of the molecule is CCCCCCOc1cccc(OCCCNC(=O)N[C@H](CC(=O)O)C[N+](C)(C)C)c1. The summed E-state index contributed by atoms with van der Waals surface area (Å²) in [4.78, 5) is 23.1. The number of ether oxygens (including phenoxy) is 2. The van der Waals surface area contributed by atoms with Gasteiger partial charge in [0.1, 0.15) is 11.5 Å². The van der Waals surface area contributed by atoms with Gasteiger partial charge in [0.15, 0.2) is 0 Å². The number of carbonyl (C=O) groups excluding carboxylic acids is 1. The zero-order valence-electron chi connectivity index (χ0n) is 19.5. The van der Waals surface area contributed by atoms with E-state index in [0.29, 0.717) is 37.2 Å². The van der Waals surface area contributed by atoms with Gasteiger partial charge in [-0.25, -0.2) is 4.79 Å². The predicted molar refractivity (Wildman–Crippen MR) is 122 cm³/mol. The molecule has 31 heavy (non-hydrogen) atoms. The van der Waals surface area contributed by atoms with Crippen molar-refractivity contribution >= 4 is 12.0 Å². The van der Waals surface area contributed by atoms with Crippen LogP contribution in [-0.2, 0) is 4.79 Å². The Morgan fingerprint density at radius 1 is 1.03 bits per heavy atom. The second-order valence-electron chi connectivity index (χ2n) is 8.75. The van der Waals surface area contributed by atoms with Crippen LogP contribution in [0.1, 0.15) is 45.4 Å². The molecule has 176 valence electrons. The number of nitrogens with zero attached hydrogens (tertiary/aromatic N) is 1. The third-order valence-electron chi connectivity index (χ3n) is 4.47. The number of amides is 2. The Hall–Kier alpha value is -2.48. The lowest BCUT2D eigenvalue weighted by molar-refractivity contribution is -0.871. The van der Waals surface area contributed by atoms with Gasteiger partial charge in [-0.15, -0.1) is 0 Å². The van der Waals surface area contributed by atoms with Crippen molar-refractivity contribution in [2.75, 3.05) is 47.4 Å². The summed E-state index contributed by atoms with van der Waals surface area (Å²) in [6, 6.07) is 6.78. The first-order valence-corrected chi connectivity index (χ1v) is 11.1. The maximum absolute atomic E-state index is 12.1. The van der Waals surface area contributed by atoms with E-state index in [1.165, 1.54) is 19.3 Å². The lowest BCUT2D eigenvalue weighted by Crippen LogP contribution is -2.52. The number of carbonyl (C=O) groups is 2. The molecule has 0 unspecified atom stereocenters. The molecule has 1 atom stereocenters. The molecule has 0 fully saturated rings. The first-order valence-electron chi connectivity index (χ1n) is 11.1. The number of carboxylic acids is 1. The number of likely N-dealkylation sites (N-methyl/N-ethyl adjacent to an activating group) is 1. The molecule has 1 rings (SSSR count). The molecule has 1 aromatic rings. The van der Waals surface area contributed by atoms with E-state index in [-0.39, 0.29) is 12.5 Å². The number of unbranched alkanes of at least 4 members (excludes halogenated alkanes) is 3. The van der Waals surface area contributed by atoms with Gasteiger partial charge in [-0.1, -0.05) is 32.3 Å². The minimum atomic E-state index is -0.931. The van der Waals surface area contributed by atoms with Gasteiger partial charge in [0.2, 0.25) is 0 Å². The van der Waals surface area contributed by atoms with Gasteiger partial charge < -0.3 is 29.7 Å². The van der Waals surface area contributed by atoms with Crippen LogP contribution in [0, 0.1) is 0 Å². The van der Waals surface area contributed by atoms with E-state index in [9.17, 15) is 9.59 Å². The molecular formula is C23H40N3O5+. The summed E-state index contributed by atoms with van der Waals surface area (Å²) in [5.41, 5.74) is 0. The molecule has 0 radical (unpaired) electrons. The Morgan fingerprint density at radius 3 is 2.26 bits per heavy atom. The number of hydrogen-bond acceptors (Lipinski definition) is 4. The van der Waals surface area contributed by atoms with Crippen LogP contribution >= 0.6 is 0 Å². The highest BCUT2D eigenvalue weighted by atomic mass is 16.5. The topological polar surface area (TPSA) is 96.9 Å². The quantitative estimate of drug-likeness (QED) is 0.272. The first-order chi connectivity index (χ1) is 14.7. The smallest absolute Gasteiger partial charge is 0.315 e. The molecule has 1 aromatic carbocycles. The van der Waals surface area contributed by atoms with E-state index in [1.54, 1.807) is 0 Å². The molecule has 8 heteroatoms. The van der Waals surface area contributed by atoms with Crippen LogP contribution < -0.4 is 20.1 Å². The van der Waals surface area contributed by atoms with Gasteiger partial charge >= 0.3 is 12.0 Å². The largest absolute Gasteiger partial charge is 0.493 e. The molecule has 0 aliphatic carbocycles. The van der Waals surface area contributed by atoms with Crippen LogP contribution in [0.5, 0.6) is 11.5 Å². The van der Waals surface area contributed by atoms with Crippen molar-refractivity contribution in [2.45, 2.75) is 51.5 Å². The second-order valence-corrected chi connectivity index (χ2v) is 8.75. The zero-order valence-corrected chi connectivity index (χ0v) is 19.5. The van der Waals surface area contributed by atoms with Crippen molar-refractivity contribution in [1.29, 1.82) is 0 Å². The first kappa shape index (κ1) is 26.6. The van der Waals surface area contributed by atoms with Crippen molar-refractivity contribution in [3.8, 4) is 11.5 Å². The number of urea groups is 1. The third kappa shape index (κ3) is 14.2. The number of quaternary nitrogens is 1. The van der Waals surface area contributed by atoms with E-state index < -0.39 is 12.0 Å². The highest BCUT2D eigenvalue weighted by Crippen LogP contribution is 2.20. The number of aliphatic carboxylic acids is 1. The van der Waals surface area contributed by atoms with Gasteiger partial charge in [0.05, 0.1) is 53.4 Å². The van der Waals surface area contributed by atoms with Crippen molar-refractivity contribution in [1.82, 2.24) is 10.6 Å². The van der Waals surface area contributed by atoms with Crippen LogP contribution in [0.2, 0.25) is 0 Å². The normalized spacial score (nSPS) is 12.1. The van der Waals surface area contributed by atoms with Crippen LogP contribution in [0.25, 0.3) is 0 Å². The zero-order chi connectivity index (χ0) is 23.1. The van der Waals surface area contributed by atoms with Crippen molar-refractivity contribution in [3.63, 3.8) is 0 Å². The average Bonchev–Trinajstić information content (AvgIpc) is 2.66. The monoisotopic (exact) mass is 438 g/mol. The summed E-state index contributed by atoms with van der Waals surface area (Å²) < 4.78 is 12.1. The molecule has 0 aliphatic rings. The fraction of sp³-hybridized carbons (Fsp3) is 0.652. The highest BCUT2D eigenvalue weighted by Gasteiger charge is 2.22. The third-order valence-corrected chi connectivity index (χ3v) is 4.47. The Labute approximate surface area is 186 Å². The molecule has 2 amide bonds. The standard InChI is InChI=1S/C23H39N3O5/c1-5-6-7-8-14-30-20-11-9-12-21(17-20)31-15-10-13-24-23(29)25-19(16-22(27)28)18-26(2,3)4/h9,11-12,17,19H,5-8,10,13-16,18H2,1-4H3,(H2-,24,25,27,28,29)/p+1/t19-/m1/s1. The molecule has 0 bridgehead atoms. The van der Waals surface area contributed by atoms with Gasteiger partial charge in [0.25, 0.3) is 0 Å². The summed E-state index contributed by atoms with van der Waals surface area (Å²) in [5, 5.41) is 14.6. The summed E-state index contributed by atoms with van der Waals surface area (Å²) in [5.74, 6) is 0.604. The van der Waals surface area contributed by atoms with E-state index in [4.69, 9.17) is 14.6 Å². The maximum atomic E-state index is 12.1. The number of rotatable bonds is 16. The molecule has 0 saturated heterocycles. The van der Waals surface area contributed by atoms with E-state index in [1.807, 2.05) is 45.4 Å². The van der Waals surface area contributed by atoms with Crippen LogP contribution in [0.3, 0.4) is 0 Å². The number of hydrogen-bond donors (Lipinski definition) is 3. The molecule has 0 spiro atoms. The minimum absolute atomic E-state index is 0.108.